The summed E-state index contributed by atoms with van der Waals surface area (Å²) in [5, 5.41) is 6.68. The van der Waals surface area contributed by atoms with Crippen LogP contribution < -0.4 is 15.4 Å². The minimum absolute atomic E-state index is 0.0899. The third-order valence-electron chi connectivity index (χ3n) is 2.08. The van der Waals surface area contributed by atoms with Crippen LogP contribution in [-0.2, 0) is 16.2 Å². The first-order valence-corrected chi connectivity index (χ1v) is 6.69. The van der Waals surface area contributed by atoms with E-state index in [1.54, 1.807) is 7.11 Å². The van der Waals surface area contributed by atoms with Crippen molar-refractivity contribution < 1.29 is 21.0 Å². The number of nitrogens with one attached hydrogen (secondary N) is 2. The Bertz CT molecular complexity index is 403. The Balaban J connectivity index is 2.26. The van der Waals surface area contributed by atoms with Crippen LogP contribution >= 0.6 is 0 Å². The van der Waals surface area contributed by atoms with E-state index in [1.165, 1.54) is 9.92 Å². The molecule has 0 unspecified atom stereocenters. The van der Waals surface area contributed by atoms with Crippen LogP contribution in [0.25, 0.3) is 0 Å². The molecule has 1 saturated heterocycles. The summed E-state index contributed by atoms with van der Waals surface area (Å²) in [6, 6.07) is 8.11. The number of methoxy groups -OCH3 is 1. The fourth-order valence-electron chi connectivity index (χ4n) is 1.33. The second-order valence-corrected chi connectivity index (χ2v) is 4.97. The predicted octanol–water partition coefficient (Wildman–Crippen LogP) is 0.208. The molecular weight excluding hydrogens is 277 g/mol. The van der Waals surface area contributed by atoms with Crippen molar-refractivity contribution in [3.05, 3.63) is 29.8 Å². The zero-order valence-electron chi connectivity index (χ0n) is 8.56. The van der Waals surface area contributed by atoms with E-state index in [-0.39, 0.29) is 16.2 Å². The Morgan fingerprint density at radius 1 is 1.27 bits per heavy atom. The number of rotatable bonds is 2. The normalized spacial score (nSPS) is 15.4. The molecule has 2 N–H and O–H groups in total. The number of ether oxygens (including phenoxy) is 1. The van der Waals surface area contributed by atoms with Crippen molar-refractivity contribution in [2.45, 2.75) is 0 Å². The van der Waals surface area contributed by atoms with Gasteiger partial charge in [-0.15, -0.1) is 0 Å². The van der Waals surface area contributed by atoms with Gasteiger partial charge in [-0.1, -0.05) is 0 Å². The van der Waals surface area contributed by atoms with Gasteiger partial charge in [-0.2, -0.15) is 0 Å². The van der Waals surface area contributed by atoms with Crippen molar-refractivity contribution in [1.82, 2.24) is 10.6 Å². The van der Waals surface area contributed by atoms with E-state index >= 15 is 0 Å². The average molecular weight is 291 g/mol. The molecule has 1 aromatic rings. The van der Waals surface area contributed by atoms with Gasteiger partial charge in [0.15, 0.2) is 0 Å². The Morgan fingerprint density at radius 3 is 2.73 bits per heavy atom. The Kier molecular flexibility index (Phi) is 3.89. The number of hydrogen-bond donors (Lipinski definition) is 2. The molecule has 4 heteroatoms. The summed E-state index contributed by atoms with van der Waals surface area (Å²) in [5.41, 5.74) is 1.18. The molecule has 0 aromatic heterocycles. The average Bonchev–Trinajstić information content (AvgIpc) is 2.79. The van der Waals surface area contributed by atoms with Crippen LogP contribution in [0.3, 0.4) is 0 Å². The summed E-state index contributed by atoms with van der Waals surface area (Å²) < 4.78 is 8.84. The van der Waals surface area contributed by atoms with Crippen LogP contribution in [-0.4, -0.2) is 29.2 Å². The molecule has 0 saturated carbocycles. The van der Waals surface area contributed by atoms with Gasteiger partial charge in [0.25, 0.3) is 0 Å². The van der Waals surface area contributed by atoms with Crippen LogP contribution in [0, 0.1) is 0 Å². The molecule has 0 atom stereocenters. The molecule has 0 radical (unpaired) electrons. The van der Waals surface area contributed by atoms with Crippen LogP contribution in [0.5, 0.6) is 5.75 Å². The van der Waals surface area contributed by atoms with E-state index in [0.29, 0.717) is 0 Å². The third-order valence-corrected chi connectivity index (χ3v) is 3.99. The fourth-order valence-corrected chi connectivity index (χ4v) is 3.05. The Morgan fingerprint density at radius 2 is 2.00 bits per heavy atom. The van der Waals surface area contributed by atoms with Crippen molar-refractivity contribution in [3.63, 3.8) is 0 Å². The molecule has 2 rings (SSSR count). The second-order valence-electron chi connectivity index (χ2n) is 3.10. The standard InChI is InChI=1S/C8H8O.C3H6N2.Ru/c1-7-5-3-4-6-8(7)9-2;1-2-5-3-4-1;/h1,3-6H,2H3;4-5H,1-2H2;. The Labute approximate surface area is 96.5 Å². The molecule has 0 aliphatic carbocycles. The van der Waals surface area contributed by atoms with Crippen molar-refractivity contribution in [1.29, 1.82) is 0 Å². The maximum atomic E-state index is 5.29. The van der Waals surface area contributed by atoms with Gasteiger partial charge in [-0.3, -0.25) is 0 Å². The molecular formula is C11H14N2ORu. The van der Waals surface area contributed by atoms with Crippen molar-refractivity contribution >= 4 is 8.96 Å². The van der Waals surface area contributed by atoms with E-state index in [4.69, 9.17) is 4.74 Å². The molecule has 82 valence electrons. The molecule has 1 aromatic carbocycles. The van der Waals surface area contributed by atoms with Gasteiger partial charge in [0.2, 0.25) is 0 Å². The van der Waals surface area contributed by atoms with Crippen LogP contribution in [0.1, 0.15) is 5.56 Å². The quantitative estimate of drug-likeness (QED) is 0.764. The monoisotopic (exact) mass is 292 g/mol. The van der Waals surface area contributed by atoms with Crippen LogP contribution in [0.15, 0.2) is 24.3 Å². The topological polar surface area (TPSA) is 33.3 Å². The summed E-state index contributed by atoms with van der Waals surface area (Å²) in [7, 11) is 1.71. The van der Waals surface area contributed by atoms with E-state index in [9.17, 15) is 0 Å². The van der Waals surface area contributed by atoms with E-state index in [2.05, 4.69) is 21.3 Å². The number of hydrogen-bond acceptors (Lipinski definition) is 3. The van der Waals surface area contributed by atoms with Crippen LogP contribution in [0.4, 0.5) is 0 Å². The third kappa shape index (κ3) is 2.88. The SMILES string of the molecule is COc1ccccc1[CH]=[Ru]=[C]1NCCN1. The zero-order valence-corrected chi connectivity index (χ0v) is 10.3. The fraction of sp³-hybridized carbons (Fsp3) is 0.273. The number of benzene rings is 1. The van der Waals surface area contributed by atoms with Crippen molar-refractivity contribution in [2.75, 3.05) is 20.2 Å². The molecule has 1 fully saturated rings. The van der Waals surface area contributed by atoms with Gasteiger partial charge in [-0.05, 0) is 0 Å². The zero-order chi connectivity index (χ0) is 10.5. The molecule has 1 aliphatic heterocycles. The summed E-state index contributed by atoms with van der Waals surface area (Å²) in [6.07, 6.45) is 0. The minimum atomic E-state index is 0.0899. The molecule has 0 bridgehead atoms. The second kappa shape index (κ2) is 5.40. The van der Waals surface area contributed by atoms with Gasteiger partial charge in [-0.25, -0.2) is 0 Å². The van der Waals surface area contributed by atoms with Gasteiger partial charge in [0, 0.05) is 0 Å². The summed E-state index contributed by atoms with van der Waals surface area (Å²) in [6.45, 7) is 2.09. The predicted molar refractivity (Wildman–Crippen MR) is 59.2 cm³/mol. The van der Waals surface area contributed by atoms with E-state index < -0.39 is 0 Å². The maximum absolute atomic E-state index is 5.29. The van der Waals surface area contributed by atoms with E-state index in [0.717, 1.165) is 18.8 Å². The molecule has 0 spiro atoms. The van der Waals surface area contributed by atoms with Gasteiger partial charge >= 0.3 is 96.3 Å². The van der Waals surface area contributed by atoms with Gasteiger partial charge in [0.1, 0.15) is 0 Å². The molecule has 0 amide bonds. The first kappa shape index (κ1) is 10.8. The molecule has 1 heterocycles. The van der Waals surface area contributed by atoms with Gasteiger partial charge in [0.05, 0.1) is 0 Å². The first-order chi connectivity index (χ1) is 7.40. The van der Waals surface area contributed by atoms with Crippen molar-refractivity contribution in [2.24, 2.45) is 0 Å². The summed E-state index contributed by atoms with van der Waals surface area (Å²) >= 11 is 0.0899. The molecule has 3 nitrogen and oxygen atoms in total. The first-order valence-electron chi connectivity index (χ1n) is 4.82. The van der Waals surface area contributed by atoms with Crippen molar-refractivity contribution in [3.8, 4) is 5.75 Å². The summed E-state index contributed by atoms with van der Waals surface area (Å²) in [4.78, 5) is 0. The summed E-state index contributed by atoms with van der Waals surface area (Å²) in [5.74, 6) is 0.949. The Hall–Kier alpha value is -0.697. The van der Waals surface area contributed by atoms with Crippen LogP contribution in [0.2, 0.25) is 0 Å². The number of para-hydroxylation sites is 1. The molecule has 1 aliphatic rings. The van der Waals surface area contributed by atoms with Gasteiger partial charge < -0.3 is 0 Å². The molecule has 15 heavy (non-hydrogen) atoms. The van der Waals surface area contributed by atoms with E-state index in [1.807, 2.05) is 18.2 Å².